The molecule has 3 aromatic rings. The summed E-state index contributed by atoms with van der Waals surface area (Å²) in [6.07, 6.45) is 3.62. The van der Waals surface area contributed by atoms with Crippen molar-refractivity contribution < 1.29 is 14.3 Å². The van der Waals surface area contributed by atoms with Gasteiger partial charge in [0.25, 0.3) is 0 Å². The number of Topliss-reactive ketones (excluding diaryl/α,β-unsaturated/α-hetero) is 1. The van der Waals surface area contributed by atoms with Crippen molar-refractivity contribution in [1.29, 1.82) is 0 Å². The molecule has 0 bridgehead atoms. The first-order valence-corrected chi connectivity index (χ1v) is 10.4. The number of carbonyl (C=O) groups excluding carboxylic acids is 1. The molecule has 30 heavy (non-hydrogen) atoms. The Labute approximate surface area is 175 Å². The molecule has 3 aromatic carbocycles. The molecule has 6 rings (SSSR count). The van der Waals surface area contributed by atoms with Gasteiger partial charge in [-0.1, -0.05) is 54.6 Å². The summed E-state index contributed by atoms with van der Waals surface area (Å²) in [6, 6.07) is 22.2. The molecule has 1 atom stereocenters. The van der Waals surface area contributed by atoms with Crippen molar-refractivity contribution in [1.82, 2.24) is 4.90 Å². The Morgan fingerprint density at radius 1 is 0.967 bits per heavy atom. The van der Waals surface area contributed by atoms with Crippen LogP contribution in [0.5, 0.6) is 11.5 Å². The number of ether oxygens (including phenoxy) is 2. The predicted octanol–water partition coefficient (Wildman–Crippen LogP) is 5.10. The highest BCUT2D eigenvalue weighted by Gasteiger charge is 2.35. The summed E-state index contributed by atoms with van der Waals surface area (Å²) in [5, 5.41) is 0. The maximum absolute atomic E-state index is 13.1. The molecule has 0 aromatic heterocycles. The Hall–Kier alpha value is -3.53. The average molecular weight is 395 g/mol. The topological polar surface area (TPSA) is 38.8 Å². The maximum Gasteiger partial charge on any atom is 0.231 e. The third-order valence-electron chi connectivity index (χ3n) is 6.30. The van der Waals surface area contributed by atoms with Gasteiger partial charge in [-0.2, -0.15) is 0 Å². The molecule has 3 aliphatic rings. The van der Waals surface area contributed by atoms with Crippen LogP contribution < -0.4 is 9.47 Å². The van der Waals surface area contributed by atoms with E-state index in [-0.39, 0.29) is 18.6 Å². The zero-order chi connectivity index (χ0) is 20.1. The molecule has 0 spiro atoms. The highest BCUT2D eigenvalue weighted by molar-refractivity contribution is 5.97. The Kier molecular flexibility index (Phi) is 3.91. The Bertz CT molecular complexity index is 1180. The van der Waals surface area contributed by atoms with Crippen molar-refractivity contribution in [2.75, 3.05) is 13.3 Å². The Morgan fingerprint density at radius 2 is 1.73 bits per heavy atom. The van der Waals surface area contributed by atoms with Crippen molar-refractivity contribution in [3.63, 3.8) is 0 Å². The third-order valence-corrected chi connectivity index (χ3v) is 6.30. The number of carbonyl (C=O) groups is 1. The zero-order valence-corrected chi connectivity index (χ0v) is 16.5. The van der Waals surface area contributed by atoms with E-state index in [0.717, 1.165) is 30.0 Å². The second kappa shape index (κ2) is 6.77. The summed E-state index contributed by atoms with van der Waals surface area (Å²) >= 11 is 0. The van der Waals surface area contributed by atoms with E-state index in [1.54, 1.807) is 0 Å². The van der Waals surface area contributed by atoms with Crippen LogP contribution in [0.2, 0.25) is 0 Å². The number of rotatable bonds is 3. The van der Waals surface area contributed by atoms with E-state index in [9.17, 15) is 4.79 Å². The lowest BCUT2D eigenvalue weighted by Crippen LogP contribution is -2.36. The van der Waals surface area contributed by atoms with Crippen LogP contribution in [-0.2, 0) is 6.42 Å². The summed E-state index contributed by atoms with van der Waals surface area (Å²) in [7, 11) is 0. The lowest BCUT2D eigenvalue weighted by atomic mass is 9.84. The number of hydrogen-bond acceptors (Lipinski definition) is 4. The molecule has 0 saturated carbocycles. The van der Waals surface area contributed by atoms with E-state index in [1.807, 2.05) is 30.3 Å². The molecule has 0 amide bonds. The van der Waals surface area contributed by atoms with Crippen LogP contribution in [0.1, 0.15) is 45.1 Å². The van der Waals surface area contributed by atoms with Crippen LogP contribution in [0.25, 0.3) is 11.8 Å². The van der Waals surface area contributed by atoms with Gasteiger partial charge in [0.2, 0.25) is 6.79 Å². The first-order chi connectivity index (χ1) is 14.8. The minimum atomic E-state index is 0.0208. The summed E-state index contributed by atoms with van der Waals surface area (Å²) < 4.78 is 11.2. The average Bonchev–Trinajstić information content (AvgIpc) is 3.25. The molecule has 4 heteroatoms. The zero-order valence-electron chi connectivity index (χ0n) is 16.5. The van der Waals surface area contributed by atoms with Crippen molar-refractivity contribution in [3.05, 3.63) is 94.5 Å². The number of benzene rings is 3. The van der Waals surface area contributed by atoms with Gasteiger partial charge in [-0.15, -0.1) is 0 Å². The van der Waals surface area contributed by atoms with Gasteiger partial charge in [0.1, 0.15) is 0 Å². The second-order valence-electron chi connectivity index (χ2n) is 7.97. The van der Waals surface area contributed by atoms with Crippen LogP contribution in [0.15, 0.2) is 66.7 Å². The minimum Gasteiger partial charge on any atom is -0.454 e. The molecule has 0 unspecified atom stereocenters. The predicted molar refractivity (Wildman–Crippen MR) is 115 cm³/mol. The van der Waals surface area contributed by atoms with E-state index in [4.69, 9.17) is 9.47 Å². The van der Waals surface area contributed by atoms with E-state index >= 15 is 0 Å². The molecular weight excluding hydrogens is 374 g/mol. The van der Waals surface area contributed by atoms with Gasteiger partial charge in [-0.05, 0) is 41.3 Å². The van der Waals surface area contributed by atoms with Gasteiger partial charge in [-0.25, -0.2) is 0 Å². The van der Waals surface area contributed by atoms with Crippen LogP contribution in [0, 0.1) is 0 Å². The van der Waals surface area contributed by atoms with Crippen LogP contribution in [0.3, 0.4) is 0 Å². The lowest BCUT2D eigenvalue weighted by Gasteiger charge is -2.43. The molecule has 4 nitrogen and oxygen atoms in total. The largest absolute Gasteiger partial charge is 0.454 e. The molecule has 0 N–H and O–H groups in total. The highest BCUT2D eigenvalue weighted by Crippen LogP contribution is 2.46. The van der Waals surface area contributed by atoms with E-state index in [1.165, 1.54) is 28.0 Å². The van der Waals surface area contributed by atoms with Gasteiger partial charge in [0.15, 0.2) is 17.3 Å². The van der Waals surface area contributed by atoms with Gasteiger partial charge in [0.05, 0.1) is 6.04 Å². The van der Waals surface area contributed by atoms with Crippen molar-refractivity contribution >= 4 is 17.6 Å². The number of hydrogen-bond donors (Lipinski definition) is 0. The van der Waals surface area contributed by atoms with Crippen LogP contribution in [-0.4, -0.2) is 24.0 Å². The summed E-state index contributed by atoms with van der Waals surface area (Å²) in [4.78, 5) is 15.5. The maximum atomic E-state index is 13.1. The van der Waals surface area contributed by atoms with E-state index < -0.39 is 0 Å². The highest BCUT2D eigenvalue weighted by atomic mass is 16.7. The number of ketones is 1. The molecule has 3 heterocycles. The summed E-state index contributed by atoms with van der Waals surface area (Å²) in [6.45, 7) is 1.15. The molecule has 0 radical (unpaired) electrons. The van der Waals surface area contributed by atoms with Crippen LogP contribution in [0.4, 0.5) is 0 Å². The Balaban J connectivity index is 1.44. The van der Waals surface area contributed by atoms with Gasteiger partial charge < -0.3 is 14.4 Å². The number of nitrogens with zero attached hydrogens (tertiary/aromatic N) is 1. The second-order valence-corrected chi connectivity index (χ2v) is 7.97. The van der Waals surface area contributed by atoms with Crippen LogP contribution >= 0.6 is 0 Å². The fraction of sp³-hybridized carbons (Fsp3) is 0.192. The number of fused-ring (bicyclic) bond motifs is 5. The summed E-state index contributed by atoms with van der Waals surface area (Å²) in [5.41, 5.74) is 6.78. The molecule has 148 valence electrons. The SMILES string of the molecule is O=C(C[C@@H]1c2ccccc2C=C2c3cc4c(cc3CCN21)OCO4)c1ccccc1. The Morgan fingerprint density at radius 3 is 2.60 bits per heavy atom. The van der Waals surface area contributed by atoms with Crippen molar-refractivity contribution in [2.45, 2.75) is 18.9 Å². The fourth-order valence-electron chi connectivity index (χ4n) is 4.83. The van der Waals surface area contributed by atoms with Gasteiger partial charge in [-0.3, -0.25) is 4.79 Å². The summed E-state index contributed by atoms with van der Waals surface area (Å²) in [5.74, 6) is 1.80. The molecular formula is C26H21NO3. The van der Waals surface area contributed by atoms with E-state index in [0.29, 0.717) is 6.42 Å². The monoisotopic (exact) mass is 395 g/mol. The molecule has 0 aliphatic carbocycles. The third kappa shape index (κ3) is 2.71. The molecule has 0 fully saturated rings. The van der Waals surface area contributed by atoms with Gasteiger partial charge in [0, 0.05) is 29.8 Å². The van der Waals surface area contributed by atoms with E-state index in [2.05, 4.69) is 47.4 Å². The molecule has 3 aliphatic heterocycles. The molecule has 0 saturated heterocycles. The van der Waals surface area contributed by atoms with Crippen molar-refractivity contribution in [2.24, 2.45) is 0 Å². The van der Waals surface area contributed by atoms with Crippen molar-refractivity contribution in [3.8, 4) is 11.5 Å². The minimum absolute atomic E-state index is 0.0208. The first kappa shape index (κ1) is 17.3. The lowest BCUT2D eigenvalue weighted by molar-refractivity contribution is 0.0945. The van der Waals surface area contributed by atoms with Gasteiger partial charge >= 0.3 is 0 Å². The smallest absolute Gasteiger partial charge is 0.231 e. The normalized spacial score (nSPS) is 18.2. The fourth-order valence-corrected chi connectivity index (χ4v) is 4.83. The standard InChI is InChI=1S/C26H21NO3/c28-24(17-6-2-1-3-7-17)15-23-20-9-5-4-8-18(20)12-22-21-14-26-25(29-16-30-26)13-19(21)10-11-27(22)23/h1-9,12-14,23H,10-11,15-16H2/t23-/m1/s1. The first-order valence-electron chi connectivity index (χ1n) is 10.4. The quantitative estimate of drug-likeness (QED) is 0.579.